The van der Waals surface area contributed by atoms with Gasteiger partial charge in [0.15, 0.2) is 0 Å². The summed E-state index contributed by atoms with van der Waals surface area (Å²) in [5, 5.41) is 18.0. The molecular formula is C15H17ClN2O3. The lowest BCUT2D eigenvalue weighted by molar-refractivity contribution is -0.145. The van der Waals surface area contributed by atoms with Gasteiger partial charge in [0, 0.05) is 24.7 Å². The lowest BCUT2D eigenvalue weighted by Gasteiger charge is -2.31. The number of rotatable bonds is 5. The first kappa shape index (κ1) is 15.8. The van der Waals surface area contributed by atoms with Gasteiger partial charge in [0.1, 0.15) is 6.61 Å². The molecule has 1 aromatic carbocycles. The Kier molecular flexibility index (Phi) is 5.57. The fourth-order valence-electron chi connectivity index (χ4n) is 2.41. The van der Waals surface area contributed by atoms with Crippen molar-refractivity contribution in [2.75, 3.05) is 19.7 Å². The van der Waals surface area contributed by atoms with Gasteiger partial charge in [-0.25, -0.2) is 4.79 Å². The standard InChI is InChI=1S/C15H17ClN2O3/c16-14-7-11(8-17)1-2-12(14)9-18-5-3-13(4-6-18)21-10-15(19)20/h1-2,7,13H,3-6,9-10H2,(H,19,20). The van der Waals surface area contributed by atoms with Crippen LogP contribution >= 0.6 is 11.6 Å². The van der Waals surface area contributed by atoms with Crippen molar-refractivity contribution in [2.24, 2.45) is 0 Å². The zero-order valence-corrected chi connectivity index (χ0v) is 12.3. The van der Waals surface area contributed by atoms with Crippen LogP contribution in [0.5, 0.6) is 0 Å². The average molecular weight is 309 g/mol. The summed E-state index contributed by atoms with van der Waals surface area (Å²) in [5.74, 6) is -0.929. The number of nitriles is 1. The third-order valence-corrected chi connectivity index (χ3v) is 3.91. The SMILES string of the molecule is N#Cc1ccc(CN2CCC(OCC(=O)O)CC2)c(Cl)c1. The molecule has 21 heavy (non-hydrogen) atoms. The third-order valence-electron chi connectivity index (χ3n) is 3.55. The molecule has 1 aliphatic heterocycles. The van der Waals surface area contributed by atoms with E-state index in [0.717, 1.165) is 38.0 Å². The minimum atomic E-state index is -0.929. The summed E-state index contributed by atoms with van der Waals surface area (Å²) in [6, 6.07) is 7.40. The number of ether oxygens (including phenoxy) is 1. The molecular weight excluding hydrogens is 292 g/mol. The molecule has 0 radical (unpaired) electrons. The number of benzene rings is 1. The molecule has 5 nitrogen and oxygen atoms in total. The number of hydrogen-bond acceptors (Lipinski definition) is 4. The quantitative estimate of drug-likeness (QED) is 0.903. The summed E-state index contributed by atoms with van der Waals surface area (Å²) in [4.78, 5) is 12.7. The van der Waals surface area contributed by atoms with Gasteiger partial charge in [0.25, 0.3) is 0 Å². The lowest BCUT2D eigenvalue weighted by atomic mass is 10.1. The zero-order chi connectivity index (χ0) is 15.2. The Morgan fingerprint density at radius 2 is 2.19 bits per heavy atom. The molecule has 1 aliphatic rings. The molecule has 1 aromatic rings. The normalized spacial score (nSPS) is 16.6. The van der Waals surface area contributed by atoms with Gasteiger partial charge >= 0.3 is 5.97 Å². The van der Waals surface area contributed by atoms with Crippen molar-refractivity contribution in [3.05, 3.63) is 34.3 Å². The molecule has 0 aliphatic carbocycles. The van der Waals surface area contributed by atoms with E-state index in [9.17, 15) is 4.79 Å². The maximum Gasteiger partial charge on any atom is 0.329 e. The summed E-state index contributed by atoms with van der Waals surface area (Å²) in [6.45, 7) is 2.20. The Balaban J connectivity index is 1.83. The molecule has 0 atom stereocenters. The summed E-state index contributed by atoms with van der Waals surface area (Å²) in [7, 11) is 0. The Hall–Kier alpha value is -1.61. The van der Waals surface area contributed by atoms with Crippen LogP contribution in [0.15, 0.2) is 18.2 Å². The Labute approximate surface area is 128 Å². The number of carbonyl (C=O) groups is 1. The van der Waals surface area contributed by atoms with Gasteiger partial charge in [-0.3, -0.25) is 4.90 Å². The van der Waals surface area contributed by atoms with Crippen LogP contribution in [0.3, 0.4) is 0 Å². The molecule has 1 fully saturated rings. The van der Waals surface area contributed by atoms with Crippen LogP contribution in [-0.4, -0.2) is 41.8 Å². The van der Waals surface area contributed by atoms with E-state index < -0.39 is 5.97 Å². The number of carboxylic acid groups (broad SMARTS) is 1. The highest BCUT2D eigenvalue weighted by Crippen LogP contribution is 2.22. The smallest absolute Gasteiger partial charge is 0.329 e. The molecule has 2 rings (SSSR count). The lowest BCUT2D eigenvalue weighted by Crippen LogP contribution is -2.37. The van der Waals surface area contributed by atoms with Gasteiger partial charge < -0.3 is 9.84 Å². The minimum absolute atomic E-state index is 0.0220. The van der Waals surface area contributed by atoms with Crippen molar-refractivity contribution in [1.82, 2.24) is 4.90 Å². The van der Waals surface area contributed by atoms with Crippen molar-refractivity contribution < 1.29 is 14.6 Å². The van der Waals surface area contributed by atoms with Gasteiger partial charge in [0.2, 0.25) is 0 Å². The monoisotopic (exact) mass is 308 g/mol. The van der Waals surface area contributed by atoms with Crippen LogP contribution in [0.2, 0.25) is 5.02 Å². The predicted molar refractivity (Wildman–Crippen MR) is 78.1 cm³/mol. The van der Waals surface area contributed by atoms with E-state index in [1.807, 2.05) is 6.07 Å². The van der Waals surface area contributed by atoms with E-state index in [1.165, 1.54) is 0 Å². The Bertz CT molecular complexity index is 548. The minimum Gasteiger partial charge on any atom is -0.480 e. The molecule has 0 unspecified atom stereocenters. The number of hydrogen-bond donors (Lipinski definition) is 1. The van der Waals surface area contributed by atoms with Crippen LogP contribution in [0.1, 0.15) is 24.0 Å². The maximum atomic E-state index is 10.5. The number of likely N-dealkylation sites (tertiary alicyclic amines) is 1. The summed E-state index contributed by atoms with van der Waals surface area (Å²) >= 11 is 6.17. The molecule has 0 amide bonds. The van der Waals surface area contributed by atoms with E-state index in [2.05, 4.69) is 11.0 Å². The molecule has 6 heteroatoms. The Morgan fingerprint density at radius 1 is 1.48 bits per heavy atom. The third kappa shape index (κ3) is 4.71. The van der Waals surface area contributed by atoms with E-state index in [-0.39, 0.29) is 12.7 Å². The summed E-state index contributed by atoms with van der Waals surface area (Å²) in [5.41, 5.74) is 1.56. The average Bonchev–Trinajstić information content (AvgIpc) is 2.48. The maximum absolute atomic E-state index is 10.5. The van der Waals surface area contributed by atoms with E-state index in [1.54, 1.807) is 12.1 Å². The van der Waals surface area contributed by atoms with Gasteiger partial charge in [-0.05, 0) is 30.5 Å². The van der Waals surface area contributed by atoms with Crippen molar-refractivity contribution in [2.45, 2.75) is 25.5 Å². The van der Waals surface area contributed by atoms with Crippen molar-refractivity contribution in [1.29, 1.82) is 5.26 Å². The molecule has 0 aromatic heterocycles. The molecule has 112 valence electrons. The van der Waals surface area contributed by atoms with Crippen molar-refractivity contribution in [3.8, 4) is 6.07 Å². The number of halogens is 1. The highest BCUT2D eigenvalue weighted by Gasteiger charge is 2.21. The summed E-state index contributed by atoms with van der Waals surface area (Å²) in [6.07, 6.45) is 1.66. The van der Waals surface area contributed by atoms with Gasteiger partial charge in [-0.15, -0.1) is 0 Å². The van der Waals surface area contributed by atoms with Crippen molar-refractivity contribution in [3.63, 3.8) is 0 Å². The van der Waals surface area contributed by atoms with E-state index in [4.69, 9.17) is 26.7 Å². The van der Waals surface area contributed by atoms with Gasteiger partial charge in [0.05, 0.1) is 17.7 Å². The van der Waals surface area contributed by atoms with Crippen molar-refractivity contribution >= 4 is 17.6 Å². The van der Waals surface area contributed by atoms with E-state index in [0.29, 0.717) is 10.6 Å². The molecule has 1 N–H and O–H groups in total. The second-order valence-corrected chi connectivity index (χ2v) is 5.51. The van der Waals surface area contributed by atoms with Crippen LogP contribution in [-0.2, 0) is 16.1 Å². The first-order chi connectivity index (χ1) is 10.1. The molecule has 0 spiro atoms. The molecule has 0 bridgehead atoms. The second-order valence-electron chi connectivity index (χ2n) is 5.10. The van der Waals surface area contributed by atoms with Crippen LogP contribution in [0.25, 0.3) is 0 Å². The molecule has 1 saturated heterocycles. The summed E-state index contributed by atoms with van der Waals surface area (Å²) < 4.78 is 5.31. The number of piperidine rings is 1. The van der Waals surface area contributed by atoms with Gasteiger partial charge in [-0.1, -0.05) is 17.7 Å². The van der Waals surface area contributed by atoms with Crippen LogP contribution in [0.4, 0.5) is 0 Å². The first-order valence-corrected chi connectivity index (χ1v) is 7.20. The number of nitrogens with zero attached hydrogens (tertiary/aromatic N) is 2. The highest BCUT2D eigenvalue weighted by molar-refractivity contribution is 6.31. The fourth-order valence-corrected chi connectivity index (χ4v) is 2.65. The first-order valence-electron chi connectivity index (χ1n) is 6.83. The Morgan fingerprint density at radius 3 is 2.76 bits per heavy atom. The number of aliphatic carboxylic acids is 1. The van der Waals surface area contributed by atoms with Crippen LogP contribution in [0, 0.1) is 11.3 Å². The topological polar surface area (TPSA) is 73.6 Å². The predicted octanol–water partition coefficient (Wildman–Crippen LogP) is 2.28. The van der Waals surface area contributed by atoms with Crippen LogP contribution < -0.4 is 0 Å². The van der Waals surface area contributed by atoms with E-state index >= 15 is 0 Å². The largest absolute Gasteiger partial charge is 0.480 e. The van der Waals surface area contributed by atoms with Gasteiger partial charge in [-0.2, -0.15) is 5.26 Å². The molecule has 1 heterocycles. The number of carboxylic acids is 1. The fraction of sp³-hybridized carbons (Fsp3) is 0.467. The zero-order valence-electron chi connectivity index (χ0n) is 11.6. The molecule has 0 saturated carbocycles. The highest BCUT2D eigenvalue weighted by atomic mass is 35.5. The second kappa shape index (κ2) is 7.41.